The van der Waals surface area contributed by atoms with Gasteiger partial charge in [-0.25, -0.2) is 16.8 Å². The molecule has 5 nitrogen and oxygen atoms in total. The van der Waals surface area contributed by atoms with Gasteiger partial charge in [-0.1, -0.05) is 25.7 Å². The molecular formula is C8H14F3NO4S2. The van der Waals surface area contributed by atoms with E-state index in [1.165, 1.54) is 0 Å². The van der Waals surface area contributed by atoms with Crippen LogP contribution in [-0.2, 0) is 20.0 Å². The van der Waals surface area contributed by atoms with Crippen LogP contribution >= 0.6 is 0 Å². The summed E-state index contributed by atoms with van der Waals surface area (Å²) in [7, 11) is -10.3. The molecule has 1 fully saturated rings. The van der Waals surface area contributed by atoms with E-state index in [9.17, 15) is 30.0 Å². The van der Waals surface area contributed by atoms with Crippen LogP contribution in [0.4, 0.5) is 13.2 Å². The molecule has 1 N–H and O–H groups in total. The number of halogens is 3. The van der Waals surface area contributed by atoms with Gasteiger partial charge in [-0.05, 0) is 12.3 Å². The Morgan fingerprint density at radius 3 is 2.00 bits per heavy atom. The lowest BCUT2D eigenvalue weighted by molar-refractivity contribution is -0.0441. The number of sulfonamides is 2. The van der Waals surface area contributed by atoms with E-state index in [1.807, 2.05) is 0 Å². The minimum atomic E-state index is -5.84. The molecule has 0 aliphatic heterocycles. The molecule has 0 atom stereocenters. The third-order valence-electron chi connectivity index (χ3n) is 2.81. The maximum absolute atomic E-state index is 12.0. The molecule has 0 saturated heterocycles. The monoisotopic (exact) mass is 309 g/mol. The van der Waals surface area contributed by atoms with Gasteiger partial charge in [0.05, 0.1) is 5.75 Å². The number of nitrogens with one attached hydrogen (secondary N) is 1. The van der Waals surface area contributed by atoms with Crippen molar-refractivity contribution in [2.45, 2.75) is 37.6 Å². The second-order valence-electron chi connectivity index (χ2n) is 4.29. The van der Waals surface area contributed by atoms with E-state index in [0.717, 1.165) is 25.7 Å². The first-order valence-corrected chi connectivity index (χ1v) is 8.49. The van der Waals surface area contributed by atoms with Gasteiger partial charge in [-0.3, -0.25) is 0 Å². The van der Waals surface area contributed by atoms with Crippen LogP contribution < -0.4 is 4.13 Å². The number of hydrogen-bond donors (Lipinski definition) is 1. The predicted octanol–water partition coefficient (Wildman–Crippen LogP) is 1.34. The van der Waals surface area contributed by atoms with Gasteiger partial charge in [-0.2, -0.15) is 13.2 Å². The summed E-state index contributed by atoms with van der Waals surface area (Å²) in [5.41, 5.74) is -5.62. The van der Waals surface area contributed by atoms with Gasteiger partial charge in [0.2, 0.25) is 10.0 Å². The van der Waals surface area contributed by atoms with Gasteiger partial charge in [0.25, 0.3) is 0 Å². The average Bonchev–Trinajstić information content (AvgIpc) is 2.63. The summed E-state index contributed by atoms with van der Waals surface area (Å²) in [6, 6.07) is 0. The lowest BCUT2D eigenvalue weighted by Gasteiger charge is -2.12. The summed E-state index contributed by atoms with van der Waals surface area (Å²) in [5, 5.41) is 0. The SMILES string of the molecule is O=S(=O)(CCC1CCCC1)NS(=O)(=O)C(F)(F)F. The summed E-state index contributed by atoms with van der Waals surface area (Å²) < 4.78 is 80.5. The van der Waals surface area contributed by atoms with Crippen LogP contribution in [0.25, 0.3) is 0 Å². The smallest absolute Gasteiger partial charge is 0.211 e. The van der Waals surface area contributed by atoms with Gasteiger partial charge < -0.3 is 0 Å². The molecule has 1 saturated carbocycles. The Labute approximate surface area is 104 Å². The molecule has 1 aliphatic carbocycles. The molecule has 0 radical (unpaired) electrons. The highest BCUT2D eigenvalue weighted by Gasteiger charge is 2.48. The van der Waals surface area contributed by atoms with Crippen molar-refractivity contribution < 1.29 is 30.0 Å². The molecule has 108 valence electrons. The standard InChI is InChI=1S/C8H14F3NO4S2/c9-8(10,11)18(15,16)12-17(13,14)6-5-7-3-1-2-4-7/h7,12H,1-6H2. The number of alkyl halides is 3. The zero-order chi connectivity index (χ0) is 14.0. The molecule has 0 spiro atoms. The Balaban J connectivity index is 2.59. The van der Waals surface area contributed by atoms with Crippen molar-refractivity contribution in [1.82, 2.24) is 4.13 Å². The highest BCUT2D eigenvalue weighted by atomic mass is 32.3. The van der Waals surface area contributed by atoms with Crippen LogP contribution in [0.5, 0.6) is 0 Å². The van der Waals surface area contributed by atoms with Gasteiger partial charge in [0, 0.05) is 0 Å². The molecular weight excluding hydrogens is 295 g/mol. The van der Waals surface area contributed by atoms with Crippen molar-refractivity contribution in [3.63, 3.8) is 0 Å². The highest BCUT2D eigenvalue weighted by molar-refractivity contribution is 8.05. The second-order valence-corrected chi connectivity index (χ2v) is 8.06. The van der Waals surface area contributed by atoms with Crippen molar-refractivity contribution >= 4 is 20.0 Å². The molecule has 0 unspecified atom stereocenters. The summed E-state index contributed by atoms with van der Waals surface area (Å²) >= 11 is 0. The molecule has 0 amide bonds. The minimum Gasteiger partial charge on any atom is -0.211 e. The molecule has 0 aromatic heterocycles. The molecule has 1 rings (SSSR count). The molecule has 1 aliphatic rings. The molecule has 0 aromatic rings. The van der Waals surface area contributed by atoms with E-state index in [2.05, 4.69) is 0 Å². The predicted molar refractivity (Wildman–Crippen MR) is 58.5 cm³/mol. The van der Waals surface area contributed by atoms with Crippen molar-refractivity contribution in [3.8, 4) is 0 Å². The molecule has 18 heavy (non-hydrogen) atoms. The Hall–Kier alpha value is -0.350. The van der Waals surface area contributed by atoms with Crippen molar-refractivity contribution in [3.05, 3.63) is 0 Å². The fourth-order valence-corrected chi connectivity index (χ4v) is 4.57. The van der Waals surface area contributed by atoms with Crippen molar-refractivity contribution in [1.29, 1.82) is 0 Å². The van der Waals surface area contributed by atoms with E-state index >= 15 is 0 Å². The lowest BCUT2D eigenvalue weighted by atomic mass is 10.1. The van der Waals surface area contributed by atoms with E-state index in [-0.39, 0.29) is 12.3 Å². The number of hydrogen-bond acceptors (Lipinski definition) is 4. The highest BCUT2D eigenvalue weighted by Crippen LogP contribution is 2.28. The summed E-state index contributed by atoms with van der Waals surface area (Å²) in [6.07, 6.45) is 3.80. The van der Waals surface area contributed by atoms with Crippen LogP contribution in [0.2, 0.25) is 0 Å². The zero-order valence-electron chi connectivity index (χ0n) is 9.40. The van der Waals surface area contributed by atoms with Crippen molar-refractivity contribution in [2.75, 3.05) is 5.75 Å². The zero-order valence-corrected chi connectivity index (χ0v) is 11.0. The summed E-state index contributed by atoms with van der Waals surface area (Å²) in [5.74, 6) is -0.456. The average molecular weight is 309 g/mol. The maximum atomic E-state index is 12.0. The third-order valence-corrected chi connectivity index (χ3v) is 6.09. The molecule has 0 bridgehead atoms. The van der Waals surface area contributed by atoms with Crippen molar-refractivity contribution in [2.24, 2.45) is 5.92 Å². The molecule has 0 heterocycles. The lowest BCUT2D eigenvalue weighted by Crippen LogP contribution is -2.41. The Bertz CT molecular complexity index is 477. The van der Waals surface area contributed by atoms with Crippen LogP contribution in [0, 0.1) is 5.92 Å². The normalized spacial score (nSPS) is 19.3. The first-order chi connectivity index (χ1) is 8.04. The van der Waals surface area contributed by atoms with Crippen LogP contribution in [0.1, 0.15) is 32.1 Å². The quantitative estimate of drug-likeness (QED) is 0.831. The second kappa shape index (κ2) is 5.33. The largest absolute Gasteiger partial charge is 0.512 e. The molecule has 10 heteroatoms. The van der Waals surface area contributed by atoms with E-state index in [1.54, 1.807) is 0 Å². The third kappa shape index (κ3) is 4.39. The maximum Gasteiger partial charge on any atom is 0.512 e. The van der Waals surface area contributed by atoms with Gasteiger partial charge >= 0.3 is 15.5 Å². The first kappa shape index (κ1) is 15.7. The van der Waals surface area contributed by atoms with Crippen LogP contribution in [0.3, 0.4) is 0 Å². The fourth-order valence-electron chi connectivity index (χ4n) is 1.88. The van der Waals surface area contributed by atoms with Gasteiger partial charge in [0.1, 0.15) is 0 Å². The fraction of sp³-hybridized carbons (Fsp3) is 1.00. The van der Waals surface area contributed by atoms with E-state index in [0.29, 0.717) is 4.13 Å². The van der Waals surface area contributed by atoms with E-state index in [4.69, 9.17) is 0 Å². The Kier molecular flexibility index (Phi) is 4.65. The summed E-state index contributed by atoms with van der Waals surface area (Å²) in [4.78, 5) is 0. The van der Waals surface area contributed by atoms with E-state index < -0.39 is 31.3 Å². The van der Waals surface area contributed by atoms with Crippen LogP contribution in [0.15, 0.2) is 0 Å². The first-order valence-electron chi connectivity index (χ1n) is 5.36. The van der Waals surface area contributed by atoms with Gasteiger partial charge in [-0.15, -0.1) is 4.13 Å². The topological polar surface area (TPSA) is 80.3 Å². The Morgan fingerprint density at radius 2 is 1.56 bits per heavy atom. The Morgan fingerprint density at radius 1 is 1.06 bits per heavy atom. The minimum absolute atomic E-state index is 0.148. The van der Waals surface area contributed by atoms with Gasteiger partial charge in [0.15, 0.2) is 0 Å². The summed E-state index contributed by atoms with van der Waals surface area (Å²) in [6.45, 7) is 0. The van der Waals surface area contributed by atoms with Crippen LogP contribution in [-0.4, -0.2) is 28.1 Å². The number of rotatable bonds is 5. The molecule has 0 aromatic carbocycles.